The van der Waals surface area contributed by atoms with Gasteiger partial charge in [-0.25, -0.2) is 9.48 Å². The van der Waals surface area contributed by atoms with Crippen molar-refractivity contribution < 1.29 is 14.6 Å². The lowest BCUT2D eigenvalue weighted by atomic mass is 10.1. The number of aliphatic hydroxyl groups excluding tert-OH is 1. The van der Waals surface area contributed by atoms with Crippen molar-refractivity contribution in [3.05, 3.63) is 48.3 Å². The zero-order valence-electron chi connectivity index (χ0n) is 9.28. The number of aliphatic hydroxyl groups is 1. The molecule has 1 aromatic heterocycles. The number of aromatic nitrogens is 2. The third-order valence-electron chi connectivity index (χ3n) is 2.38. The highest BCUT2D eigenvalue weighted by molar-refractivity contribution is 5.76. The zero-order chi connectivity index (χ0) is 12.3. The number of esters is 1. The molecule has 0 bridgehead atoms. The van der Waals surface area contributed by atoms with Crippen molar-refractivity contribution in [2.45, 2.75) is 6.10 Å². The highest BCUT2D eigenvalue weighted by Crippen LogP contribution is 2.17. The molecule has 0 aliphatic rings. The van der Waals surface area contributed by atoms with E-state index in [1.165, 1.54) is 7.11 Å². The van der Waals surface area contributed by atoms with E-state index in [-0.39, 0.29) is 0 Å². The average molecular weight is 232 g/mol. The Bertz CT molecular complexity index is 508. The van der Waals surface area contributed by atoms with Crippen LogP contribution in [0.1, 0.15) is 11.7 Å². The predicted molar refractivity (Wildman–Crippen MR) is 60.5 cm³/mol. The van der Waals surface area contributed by atoms with Crippen LogP contribution in [0.3, 0.4) is 0 Å². The quantitative estimate of drug-likeness (QED) is 0.804. The van der Waals surface area contributed by atoms with Crippen LogP contribution in [-0.4, -0.2) is 28.0 Å². The molecule has 0 saturated carbocycles. The molecule has 5 heteroatoms. The molecule has 0 aliphatic carbocycles. The Balaban J connectivity index is 2.32. The molecule has 0 saturated heterocycles. The first kappa shape index (κ1) is 11.3. The maximum Gasteiger partial charge on any atom is 0.339 e. The number of hydrogen-bond acceptors (Lipinski definition) is 4. The van der Waals surface area contributed by atoms with Crippen LogP contribution in [0.2, 0.25) is 0 Å². The first-order chi connectivity index (χ1) is 8.22. The van der Waals surface area contributed by atoms with Crippen molar-refractivity contribution in [1.29, 1.82) is 0 Å². The lowest BCUT2D eigenvalue weighted by molar-refractivity contribution is -0.150. The number of carbonyl (C=O) groups is 1. The minimum Gasteiger partial charge on any atom is -0.467 e. The van der Waals surface area contributed by atoms with E-state index in [4.69, 9.17) is 0 Å². The fraction of sp³-hybridized carbons (Fsp3) is 0.167. The summed E-state index contributed by atoms with van der Waals surface area (Å²) in [5.41, 5.74) is 1.25. The van der Waals surface area contributed by atoms with Gasteiger partial charge in [0.15, 0.2) is 6.10 Å². The Labute approximate surface area is 98.3 Å². The summed E-state index contributed by atoms with van der Waals surface area (Å²) in [6.07, 6.45) is 2.17. The molecule has 2 rings (SSSR count). The molecular formula is C12H12N2O3. The third-order valence-corrected chi connectivity index (χ3v) is 2.38. The van der Waals surface area contributed by atoms with Crippen molar-refractivity contribution >= 4 is 5.97 Å². The van der Waals surface area contributed by atoms with Crippen LogP contribution < -0.4 is 0 Å². The monoisotopic (exact) mass is 232 g/mol. The molecule has 88 valence electrons. The fourth-order valence-corrected chi connectivity index (χ4v) is 1.51. The number of nitrogens with zero attached hydrogens (tertiary/aromatic N) is 2. The lowest BCUT2D eigenvalue weighted by Crippen LogP contribution is -2.13. The van der Waals surface area contributed by atoms with E-state index in [0.29, 0.717) is 5.56 Å². The minimum absolute atomic E-state index is 0.477. The summed E-state index contributed by atoms with van der Waals surface area (Å²) in [5, 5.41) is 13.8. The molecule has 0 spiro atoms. The highest BCUT2D eigenvalue weighted by atomic mass is 16.5. The number of methoxy groups -OCH3 is 1. The summed E-state index contributed by atoms with van der Waals surface area (Å²) < 4.78 is 6.13. The molecule has 17 heavy (non-hydrogen) atoms. The van der Waals surface area contributed by atoms with Gasteiger partial charge in [0.05, 0.1) is 12.8 Å². The van der Waals surface area contributed by atoms with Gasteiger partial charge in [-0.15, -0.1) is 0 Å². The van der Waals surface area contributed by atoms with Gasteiger partial charge in [0, 0.05) is 12.4 Å². The molecule has 0 amide bonds. The Morgan fingerprint density at radius 2 is 2.29 bits per heavy atom. The van der Waals surface area contributed by atoms with E-state index in [9.17, 15) is 9.90 Å². The molecule has 1 aromatic carbocycles. The summed E-state index contributed by atoms with van der Waals surface area (Å²) in [6, 6.07) is 8.73. The van der Waals surface area contributed by atoms with Gasteiger partial charge in [-0.3, -0.25) is 0 Å². The van der Waals surface area contributed by atoms with Gasteiger partial charge in [-0.2, -0.15) is 5.10 Å². The summed E-state index contributed by atoms with van der Waals surface area (Å²) in [7, 11) is 1.24. The van der Waals surface area contributed by atoms with Gasteiger partial charge in [0.2, 0.25) is 0 Å². The standard InChI is InChI=1S/C12H12N2O3/c1-17-12(16)11(15)9-4-2-5-10(8-9)14-7-3-6-13-14/h2-8,11,15H,1H3. The fourth-order valence-electron chi connectivity index (χ4n) is 1.51. The first-order valence-corrected chi connectivity index (χ1v) is 5.08. The number of carbonyl (C=O) groups excluding carboxylic acids is 1. The number of benzene rings is 1. The smallest absolute Gasteiger partial charge is 0.339 e. The van der Waals surface area contributed by atoms with Crippen LogP contribution in [0.4, 0.5) is 0 Å². The van der Waals surface area contributed by atoms with E-state index in [1.807, 2.05) is 6.07 Å². The van der Waals surface area contributed by atoms with Crippen molar-refractivity contribution in [2.24, 2.45) is 0 Å². The van der Waals surface area contributed by atoms with Crippen LogP contribution in [0.5, 0.6) is 0 Å². The number of ether oxygens (including phenoxy) is 1. The van der Waals surface area contributed by atoms with Crippen molar-refractivity contribution in [2.75, 3.05) is 7.11 Å². The van der Waals surface area contributed by atoms with E-state index >= 15 is 0 Å². The molecule has 1 N–H and O–H groups in total. The summed E-state index contributed by atoms with van der Waals surface area (Å²) in [4.78, 5) is 11.2. The van der Waals surface area contributed by atoms with E-state index in [1.54, 1.807) is 41.3 Å². The van der Waals surface area contributed by atoms with Crippen molar-refractivity contribution in [3.63, 3.8) is 0 Å². The Morgan fingerprint density at radius 3 is 2.94 bits per heavy atom. The molecule has 0 fully saturated rings. The Hall–Kier alpha value is -2.14. The molecule has 2 aromatic rings. The van der Waals surface area contributed by atoms with Gasteiger partial charge in [-0.05, 0) is 23.8 Å². The summed E-state index contributed by atoms with van der Waals surface area (Å²) >= 11 is 0. The minimum atomic E-state index is -1.27. The van der Waals surface area contributed by atoms with Crippen LogP contribution in [-0.2, 0) is 9.53 Å². The first-order valence-electron chi connectivity index (χ1n) is 5.08. The SMILES string of the molecule is COC(=O)C(O)c1cccc(-n2cccn2)c1. The zero-order valence-corrected chi connectivity index (χ0v) is 9.28. The molecule has 1 heterocycles. The van der Waals surface area contributed by atoms with Crippen LogP contribution in [0, 0.1) is 0 Å². The van der Waals surface area contributed by atoms with Crippen LogP contribution in [0.25, 0.3) is 5.69 Å². The van der Waals surface area contributed by atoms with E-state index in [0.717, 1.165) is 5.69 Å². The molecular weight excluding hydrogens is 220 g/mol. The molecule has 5 nitrogen and oxygen atoms in total. The normalized spacial score (nSPS) is 12.1. The number of hydrogen-bond donors (Lipinski definition) is 1. The maximum absolute atomic E-state index is 11.2. The van der Waals surface area contributed by atoms with E-state index < -0.39 is 12.1 Å². The summed E-state index contributed by atoms with van der Waals surface area (Å²) in [5.74, 6) is -0.678. The second-order valence-electron chi connectivity index (χ2n) is 3.47. The molecule has 1 atom stereocenters. The number of rotatable bonds is 3. The van der Waals surface area contributed by atoms with Gasteiger partial charge in [-0.1, -0.05) is 12.1 Å². The van der Waals surface area contributed by atoms with Gasteiger partial charge in [0.25, 0.3) is 0 Å². The van der Waals surface area contributed by atoms with Crippen molar-refractivity contribution in [1.82, 2.24) is 9.78 Å². The molecule has 0 radical (unpaired) electrons. The maximum atomic E-state index is 11.2. The highest BCUT2D eigenvalue weighted by Gasteiger charge is 2.18. The predicted octanol–water partition coefficient (Wildman–Crippen LogP) is 1.08. The largest absolute Gasteiger partial charge is 0.467 e. The second-order valence-corrected chi connectivity index (χ2v) is 3.47. The lowest BCUT2D eigenvalue weighted by Gasteiger charge is -2.10. The van der Waals surface area contributed by atoms with Crippen LogP contribution >= 0.6 is 0 Å². The van der Waals surface area contributed by atoms with Gasteiger partial charge >= 0.3 is 5.97 Å². The molecule has 0 aliphatic heterocycles. The average Bonchev–Trinajstić information content (AvgIpc) is 2.91. The van der Waals surface area contributed by atoms with Gasteiger partial charge in [0.1, 0.15) is 0 Å². The van der Waals surface area contributed by atoms with Crippen molar-refractivity contribution in [3.8, 4) is 5.69 Å². The second kappa shape index (κ2) is 4.80. The topological polar surface area (TPSA) is 64.3 Å². The molecule has 1 unspecified atom stereocenters. The summed E-state index contributed by atoms with van der Waals surface area (Å²) in [6.45, 7) is 0. The van der Waals surface area contributed by atoms with Crippen LogP contribution in [0.15, 0.2) is 42.7 Å². The van der Waals surface area contributed by atoms with Gasteiger partial charge < -0.3 is 9.84 Å². The third kappa shape index (κ3) is 2.34. The van der Waals surface area contributed by atoms with E-state index in [2.05, 4.69) is 9.84 Å². The Kier molecular flexibility index (Phi) is 3.20. The Morgan fingerprint density at radius 1 is 1.47 bits per heavy atom.